The predicted molar refractivity (Wildman–Crippen MR) is 97.6 cm³/mol. The van der Waals surface area contributed by atoms with Crippen molar-refractivity contribution in [2.45, 2.75) is 59.8 Å². The Morgan fingerprint density at radius 1 is 1.27 bits per heavy atom. The molecule has 0 spiro atoms. The molecule has 1 heterocycles. The largest absolute Gasteiger partial charge is 0.493 e. The van der Waals surface area contributed by atoms with Crippen LogP contribution < -0.4 is 10.1 Å². The number of rotatable bonds is 8. The number of nitrogens with one attached hydrogen (secondary N) is 1. The number of aryl methyl sites for hydroxylation is 1. The Morgan fingerprint density at radius 3 is 2.68 bits per heavy atom. The van der Waals surface area contributed by atoms with Gasteiger partial charge in [-0.3, -0.25) is 0 Å². The van der Waals surface area contributed by atoms with Crippen LogP contribution in [-0.2, 0) is 0 Å². The van der Waals surface area contributed by atoms with Crippen LogP contribution in [0.15, 0.2) is 6.07 Å². The van der Waals surface area contributed by atoms with Crippen LogP contribution in [0.5, 0.6) is 5.75 Å². The molecule has 122 valence electrons. The number of nitrogens with zero attached hydrogens (tertiary/aromatic N) is 1. The topological polar surface area (TPSA) is 34.1 Å². The summed E-state index contributed by atoms with van der Waals surface area (Å²) in [4.78, 5) is 4.78. The average Bonchev–Trinajstić information content (AvgIpc) is 2.89. The van der Waals surface area contributed by atoms with Gasteiger partial charge in [0.25, 0.3) is 0 Å². The van der Waals surface area contributed by atoms with E-state index in [9.17, 15) is 0 Å². The molecule has 0 unspecified atom stereocenters. The smallest absolute Gasteiger partial charge is 0.183 e. The maximum Gasteiger partial charge on any atom is 0.183 e. The van der Waals surface area contributed by atoms with Gasteiger partial charge in [0, 0.05) is 12.1 Å². The standard InChI is InChI=1S/C18H28N2OS/c1-6-8-10-21-14-11-13(5)16-17(15(14)12(3)4)22-18(20-16)19-9-7-2/h11-12H,6-10H2,1-5H3,(H,19,20). The van der Waals surface area contributed by atoms with Crippen molar-refractivity contribution in [3.63, 3.8) is 0 Å². The molecule has 0 aliphatic rings. The molecule has 4 heteroatoms. The minimum absolute atomic E-state index is 0.430. The summed E-state index contributed by atoms with van der Waals surface area (Å²) in [5, 5.41) is 4.44. The van der Waals surface area contributed by atoms with Gasteiger partial charge < -0.3 is 10.1 Å². The van der Waals surface area contributed by atoms with E-state index in [0.717, 1.165) is 48.8 Å². The molecule has 1 N–H and O–H groups in total. The molecule has 1 aromatic heterocycles. The second-order valence-corrected chi connectivity index (χ2v) is 7.08. The fourth-order valence-corrected chi connectivity index (χ4v) is 3.78. The van der Waals surface area contributed by atoms with E-state index in [1.54, 1.807) is 11.3 Å². The third kappa shape index (κ3) is 3.72. The summed E-state index contributed by atoms with van der Waals surface area (Å²) in [6.07, 6.45) is 3.36. The Kier molecular flexibility index (Phi) is 6.07. The number of hydrogen-bond acceptors (Lipinski definition) is 4. The lowest BCUT2D eigenvalue weighted by molar-refractivity contribution is 0.305. The van der Waals surface area contributed by atoms with Crippen molar-refractivity contribution in [3.8, 4) is 5.75 Å². The molecule has 0 aliphatic heterocycles. The van der Waals surface area contributed by atoms with E-state index in [-0.39, 0.29) is 0 Å². The van der Waals surface area contributed by atoms with Crippen LogP contribution in [0.2, 0.25) is 0 Å². The van der Waals surface area contributed by atoms with E-state index in [4.69, 9.17) is 9.72 Å². The average molecular weight is 321 g/mol. The van der Waals surface area contributed by atoms with Crippen LogP contribution in [0.25, 0.3) is 10.2 Å². The Labute approximate surface area is 138 Å². The number of fused-ring (bicyclic) bond motifs is 1. The number of anilines is 1. The van der Waals surface area contributed by atoms with Crippen LogP contribution >= 0.6 is 11.3 Å². The normalized spacial score (nSPS) is 11.4. The lowest BCUT2D eigenvalue weighted by atomic mass is 9.99. The highest BCUT2D eigenvalue weighted by atomic mass is 32.1. The van der Waals surface area contributed by atoms with Gasteiger partial charge in [-0.05, 0) is 37.3 Å². The molecule has 3 nitrogen and oxygen atoms in total. The number of hydrogen-bond donors (Lipinski definition) is 1. The molecule has 0 amide bonds. The Morgan fingerprint density at radius 2 is 2.05 bits per heavy atom. The molecule has 0 saturated heterocycles. The minimum Gasteiger partial charge on any atom is -0.493 e. The maximum atomic E-state index is 6.08. The van der Waals surface area contributed by atoms with Crippen molar-refractivity contribution >= 4 is 26.7 Å². The SMILES string of the molecule is CCCCOc1cc(C)c2nc(NCCC)sc2c1C(C)C. The van der Waals surface area contributed by atoms with Gasteiger partial charge in [0.2, 0.25) is 0 Å². The van der Waals surface area contributed by atoms with Gasteiger partial charge >= 0.3 is 0 Å². The monoisotopic (exact) mass is 320 g/mol. The first kappa shape index (κ1) is 17.1. The van der Waals surface area contributed by atoms with Crippen molar-refractivity contribution in [1.29, 1.82) is 0 Å². The van der Waals surface area contributed by atoms with Crippen molar-refractivity contribution in [1.82, 2.24) is 4.98 Å². The first-order valence-corrected chi connectivity index (χ1v) is 9.20. The third-order valence-electron chi connectivity index (χ3n) is 3.72. The first-order chi connectivity index (χ1) is 10.6. The Balaban J connectivity index is 2.44. The van der Waals surface area contributed by atoms with Gasteiger partial charge in [-0.25, -0.2) is 4.98 Å². The van der Waals surface area contributed by atoms with Crippen LogP contribution in [0.4, 0.5) is 5.13 Å². The first-order valence-electron chi connectivity index (χ1n) is 8.39. The number of ether oxygens (including phenoxy) is 1. The maximum absolute atomic E-state index is 6.08. The molecule has 1 aromatic carbocycles. The van der Waals surface area contributed by atoms with E-state index in [2.05, 4.69) is 46.0 Å². The summed E-state index contributed by atoms with van der Waals surface area (Å²) in [5.74, 6) is 1.47. The van der Waals surface area contributed by atoms with Gasteiger partial charge in [0.1, 0.15) is 5.75 Å². The lowest BCUT2D eigenvalue weighted by Crippen LogP contribution is -2.02. The van der Waals surface area contributed by atoms with E-state index >= 15 is 0 Å². The molecule has 0 bridgehead atoms. The fourth-order valence-electron chi connectivity index (χ4n) is 2.52. The summed E-state index contributed by atoms with van der Waals surface area (Å²) in [6.45, 7) is 12.7. The zero-order valence-electron chi connectivity index (χ0n) is 14.5. The molecular weight excluding hydrogens is 292 g/mol. The van der Waals surface area contributed by atoms with Gasteiger partial charge in [-0.1, -0.05) is 45.5 Å². The number of aromatic nitrogens is 1. The van der Waals surface area contributed by atoms with Crippen LogP contribution in [0, 0.1) is 6.92 Å². The predicted octanol–water partition coefficient (Wildman–Crippen LogP) is 5.73. The highest BCUT2D eigenvalue weighted by Crippen LogP contribution is 2.40. The lowest BCUT2D eigenvalue weighted by Gasteiger charge is -2.16. The summed E-state index contributed by atoms with van der Waals surface area (Å²) in [6, 6.07) is 2.16. The highest BCUT2D eigenvalue weighted by Gasteiger charge is 2.18. The van der Waals surface area contributed by atoms with Crippen molar-refractivity contribution in [2.24, 2.45) is 0 Å². The number of unbranched alkanes of at least 4 members (excludes halogenated alkanes) is 1. The van der Waals surface area contributed by atoms with Gasteiger partial charge in [-0.2, -0.15) is 0 Å². The van der Waals surface area contributed by atoms with E-state index in [0.29, 0.717) is 5.92 Å². The summed E-state index contributed by atoms with van der Waals surface area (Å²) >= 11 is 1.76. The van der Waals surface area contributed by atoms with Crippen LogP contribution in [0.1, 0.15) is 64.0 Å². The molecule has 0 atom stereocenters. The molecule has 0 saturated carbocycles. The second kappa shape index (κ2) is 7.82. The third-order valence-corrected chi connectivity index (χ3v) is 4.76. The number of thiazole rings is 1. The zero-order chi connectivity index (χ0) is 16.1. The highest BCUT2D eigenvalue weighted by molar-refractivity contribution is 7.22. The fraction of sp³-hybridized carbons (Fsp3) is 0.611. The molecule has 2 rings (SSSR count). The van der Waals surface area contributed by atoms with Crippen LogP contribution in [0.3, 0.4) is 0 Å². The van der Waals surface area contributed by atoms with Crippen molar-refractivity contribution in [2.75, 3.05) is 18.5 Å². The van der Waals surface area contributed by atoms with Crippen LogP contribution in [-0.4, -0.2) is 18.1 Å². The van der Waals surface area contributed by atoms with Crippen molar-refractivity contribution in [3.05, 3.63) is 17.2 Å². The molecule has 0 radical (unpaired) electrons. The Bertz CT molecular complexity index is 619. The second-order valence-electron chi connectivity index (χ2n) is 6.09. The summed E-state index contributed by atoms with van der Waals surface area (Å²) in [7, 11) is 0. The minimum atomic E-state index is 0.430. The molecule has 22 heavy (non-hydrogen) atoms. The molecular formula is C18H28N2OS. The molecule has 0 aliphatic carbocycles. The summed E-state index contributed by atoms with van der Waals surface area (Å²) < 4.78 is 7.35. The Hall–Kier alpha value is -1.29. The zero-order valence-corrected chi connectivity index (χ0v) is 15.3. The summed E-state index contributed by atoms with van der Waals surface area (Å²) in [5.41, 5.74) is 3.63. The molecule has 0 fully saturated rings. The van der Waals surface area contributed by atoms with Gasteiger partial charge in [0.05, 0.1) is 16.8 Å². The number of benzene rings is 1. The quantitative estimate of drug-likeness (QED) is 0.631. The van der Waals surface area contributed by atoms with Crippen molar-refractivity contribution < 1.29 is 4.74 Å². The van der Waals surface area contributed by atoms with Gasteiger partial charge in [-0.15, -0.1) is 0 Å². The molecule has 2 aromatic rings. The van der Waals surface area contributed by atoms with E-state index in [1.807, 2.05) is 0 Å². The van der Waals surface area contributed by atoms with E-state index < -0.39 is 0 Å². The van der Waals surface area contributed by atoms with Gasteiger partial charge in [0.15, 0.2) is 5.13 Å². The van der Waals surface area contributed by atoms with E-state index in [1.165, 1.54) is 15.8 Å².